The van der Waals surface area contributed by atoms with Crippen LogP contribution in [-0.2, 0) is 0 Å². The summed E-state index contributed by atoms with van der Waals surface area (Å²) in [6.07, 6.45) is 1.85. The van der Waals surface area contributed by atoms with Gasteiger partial charge in [-0.3, -0.25) is 4.98 Å². The number of aromatic nitrogens is 2. The Kier molecular flexibility index (Phi) is 3.98. The second kappa shape index (κ2) is 6.44. The molecule has 0 bridgehead atoms. The number of nitrogens with zero attached hydrogens (tertiary/aromatic N) is 1. The minimum atomic E-state index is -0.0153. The largest absolute Gasteiger partial charge is 0.372 e. The Morgan fingerprint density at radius 2 is 1.64 bits per heavy atom. The lowest BCUT2D eigenvalue weighted by Crippen LogP contribution is -2.15. The summed E-state index contributed by atoms with van der Waals surface area (Å²) in [4.78, 5) is 8.14. The molecular formula is C22H21N3. The van der Waals surface area contributed by atoms with Gasteiger partial charge in [0.05, 0.1) is 11.7 Å². The number of aryl methyl sites for hydroxylation is 2. The third-order valence-electron chi connectivity index (χ3n) is 4.66. The third kappa shape index (κ3) is 2.89. The highest BCUT2D eigenvalue weighted by molar-refractivity contribution is 5.86. The van der Waals surface area contributed by atoms with Crippen molar-refractivity contribution < 1.29 is 0 Å². The smallest absolute Gasteiger partial charge is 0.0963 e. The van der Waals surface area contributed by atoms with Crippen LogP contribution in [0.1, 0.15) is 28.6 Å². The maximum absolute atomic E-state index is 4.63. The number of aromatic amines is 1. The van der Waals surface area contributed by atoms with E-state index in [0.29, 0.717) is 0 Å². The number of benzene rings is 2. The fourth-order valence-corrected chi connectivity index (χ4v) is 3.40. The standard InChI is InChI=1S/C22H21N3/c1-15-9-3-5-11-18(15)25-22(20-13-7-8-14-23-20)21-16(2)24-19-12-6-4-10-17(19)21/h3-14,22,24-25H,1-2H3/t22-/m0/s1. The van der Waals surface area contributed by atoms with Crippen LogP contribution >= 0.6 is 0 Å². The predicted molar refractivity (Wildman–Crippen MR) is 104 cm³/mol. The molecule has 0 unspecified atom stereocenters. The second-order valence-corrected chi connectivity index (χ2v) is 6.36. The Morgan fingerprint density at radius 1 is 0.880 bits per heavy atom. The van der Waals surface area contributed by atoms with E-state index in [1.807, 2.05) is 18.3 Å². The van der Waals surface area contributed by atoms with Gasteiger partial charge < -0.3 is 10.3 Å². The molecule has 0 amide bonds. The van der Waals surface area contributed by atoms with Gasteiger partial charge >= 0.3 is 0 Å². The van der Waals surface area contributed by atoms with Crippen molar-refractivity contribution in [3.63, 3.8) is 0 Å². The predicted octanol–water partition coefficient (Wildman–Crippen LogP) is 5.38. The van der Waals surface area contributed by atoms with Crippen LogP contribution < -0.4 is 5.32 Å². The normalized spacial score (nSPS) is 12.2. The van der Waals surface area contributed by atoms with E-state index in [4.69, 9.17) is 0 Å². The Labute approximate surface area is 147 Å². The van der Waals surface area contributed by atoms with E-state index in [1.54, 1.807) is 0 Å². The lowest BCUT2D eigenvalue weighted by Gasteiger charge is -2.21. The maximum Gasteiger partial charge on any atom is 0.0963 e. The van der Waals surface area contributed by atoms with Crippen LogP contribution in [0.3, 0.4) is 0 Å². The zero-order chi connectivity index (χ0) is 17.2. The fourth-order valence-electron chi connectivity index (χ4n) is 3.40. The molecular weight excluding hydrogens is 306 g/mol. The van der Waals surface area contributed by atoms with E-state index in [-0.39, 0.29) is 6.04 Å². The van der Waals surface area contributed by atoms with E-state index in [1.165, 1.54) is 16.5 Å². The van der Waals surface area contributed by atoms with Crippen LogP contribution in [0, 0.1) is 13.8 Å². The first-order valence-electron chi connectivity index (χ1n) is 8.54. The summed E-state index contributed by atoms with van der Waals surface area (Å²) in [6, 6.07) is 22.9. The molecule has 2 aromatic heterocycles. The van der Waals surface area contributed by atoms with Crippen molar-refractivity contribution in [2.45, 2.75) is 19.9 Å². The van der Waals surface area contributed by atoms with Crippen molar-refractivity contribution in [2.75, 3.05) is 5.32 Å². The number of hydrogen-bond donors (Lipinski definition) is 2. The number of pyridine rings is 1. The van der Waals surface area contributed by atoms with Crippen LogP contribution in [0.25, 0.3) is 10.9 Å². The quantitative estimate of drug-likeness (QED) is 0.528. The van der Waals surface area contributed by atoms with Crippen molar-refractivity contribution >= 4 is 16.6 Å². The Hall–Kier alpha value is -3.07. The molecule has 0 radical (unpaired) electrons. The van der Waals surface area contributed by atoms with Crippen molar-refractivity contribution in [3.05, 3.63) is 95.4 Å². The Morgan fingerprint density at radius 3 is 2.44 bits per heavy atom. The lowest BCUT2D eigenvalue weighted by atomic mass is 9.98. The van der Waals surface area contributed by atoms with Gasteiger partial charge in [-0.1, -0.05) is 42.5 Å². The number of nitrogens with one attached hydrogen (secondary N) is 2. The van der Waals surface area contributed by atoms with E-state index < -0.39 is 0 Å². The molecule has 2 N–H and O–H groups in total. The molecule has 0 aliphatic carbocycles. The van der Waals surface area contributed by atoms with Crippen LogP contribution in [0.2, 0.25) is 0 Å². The van der Waals surface area contributed by atoms with Crippen LogP contribution in [0.5, 0.6) is 0 Å². The molecule has 1 atom stereocenters. The third-order valence-corrected chi connectivity index (χ3v) is 4.66. The van der Waals surface area contributed by atoms with E-state index in [9.17, 15) is 0 Å². The molecule has 124 valence electrons. The molecule has 3 nitrogen and oxygen atoms in total. The summed E-state index contributed by atoms with van der Waals surface area (Å²) in [5, 5.41) is 4.95. The number of rotatable bonds is 4. The zero-order valence-corrected chi connectivity index (χ0v) is 14.5. The lowest BCUT2D eigenvalue weighted by molar-refractivity contribution is 0.882. The highest BCUT2D eigenvalue weighted by Crippen LogP contribution is 2.34. The van der Waals surface area contributed by atoms with Gasteiger partial charge in [0.2, 0.25) is 0 Å². The molecule has 25 heavy (non-hydrogen) atoms. The van der Waals surface area contributed by atoms with Gasteiger partial charge in [-0.25, -0.2) is 0 Å². The number of fused-ring (bicyclic) bond motifs is 1. The van der Waals surface area contributed by atoms with Gasteiger partial charge in [-0.05, 0) is 43.7 Å². The highest BCUT2D eigenvalue weighted by Gasteiger charge is 2.22. The Bertz CT molecular complexity index is 1000. The molecule has 0 aliphatic heterocycles. The first-order valence-corrected chi connectivity index (χ1v) is 8.54. The van der Waals surface area contributed by atoms with Crippen molar-refractivity contribution in [1.82, 2.24) is 9.97 Å². The SMILES string of the molecule is Cc1ccccc1N[C@@H](c1ccccn1)c1c(C)[nH]c2ccccc12. The van der Waals surface area contributed by atoms with E-state index >= 15 is 0 Å². The van der Waals surface area contributed by atoms with E-state index in [2.05, 4.69) is 83.7 Å². The summed E-state index contributed by atoms with van der Waals surface area (Å²) in [6.45, 7) is 4.25. The molecule has 0 aliphatic rings. The van der Waals surface area contributed by atoms with Gasteiger partial charge in [0.25, 0.3) is 0 Å². The first kappa shape index (κ1) is 15.5. The second-order valence-electron chi connectivity index (χ2n) is 6.36. The number of hydrogen-bond acceptors (Lipinski definition) is 2. The zero-order valence-electron chi connectivity index (χ0n) is 14.5. The molecule has 2 heterocycles. The maximum atomic E-state index is 4.63. The summed E-state index contributed by atoms with van der Waals surface area (Å²) in [7, 11) is 0. The van der Waals surface area contributed by atoms with Crippen LogP contribution in [0.15, 0.2) is 72.9 Å². The van der Waals surface area contributed by atoms with Gasteiger partial charge in [-0.15, -0.1) is 0 Å². The molecule has 3 heteroatoms. The van der Waals surface area contributed by atoms with Crippen molar-refractivity contribution in [1.29, 1.82) is 0 Å². The molecule has 4 rings (SSSR count). The topological polar surface area (TPSA) is 40.7 Å². The average Bonchev–Trinajstić information content (AvgIpc) is 2.97. The average molecular weight is 327 g/mol. The summed E-state index contributed by atoms with van der Waals surface area (Å²) in [5.74, 6) is 0. The highest BCUT2D eigenvalue weighted by atomic mass is 15.0. The molecule has 0 spiro atoms. The first-order chi connectivity index (χ1) is 12.2. The van der Waals surface area contributed by atoms with Crippen LogP contribution in [0.4, 0.5) is 5.69 Å². The van der Waals surface area contributed by atoms with Gasteiger partial charge in [0, 0.05) is 34.0 Å². The number of H-pyrrole nitrogens is 1. The molecule has 0 saturated carbocycles. The Balaban J connectivity index is 1.88. The molecule has 2 aromatic carbocycles. The summed E-state index contributed by atoms with van der Waals surface area (Å²) in [5.41, 5.74) is 6.93. The monoisotopic (exact) mass is 327 g/mol. The minimum absolute atomic E-state index is 0.0153. The van der Waals surface area contributed by atoms with Crippen molar-refractivity contribution in [3.8, 4) is 0 Å². The van der Waals surface area contributed by atoms with Gasteiger partial charge in [0.15, 0.2) is 0 Å². The van der Waals surface area contributed by atoms with E-state index in [0.717, 1.165) is 22.6 Å². The molecule has 4 aromatic rings. The van der Waals surface area contributed by atoms with Crippen LogP contribution in [-0.4, -0.2) is 9.97 Å². The van der Waals surface area contributed by atoms with Gasteiger partial charge in [0.1, 0.15) is 0 Å². The fraction of sp³-hybridized carbons (Fsp3) is 0.136. The summed E-state index contributed by atoms with van der Waals surface area (Å²) >= 11 is 0. The molecule has 0 saturated heterocycles. The number of para-hydroxylation sites is 2. The summed E-state index contributed by atoms with van der Waals surface area (Å²) < 4.78 is 0. The minimum Gasteiger partial charge on any atom is -0.372 e. The van der Waals surface area contributed by atoms with Gasteiger partial charge in [-0.2, -0.15) is 0 Å². The van der Waals surface area contributed by atoms with Crippen molar-refractivity contribution in [2.24, 2.45) is 0 Å². The number of anilines is 1. The molecule has 0 fully saturated rings.